The van der Waals surface area contributed by atoms with Crippen molar-refractivity contribution >= 4 is 11.8 Å². The molecule has 130 valence electrons. The minimum absolute atomic E-state index is 0.0261. The molecule has 2 aromatic carbocycles. The van der Waals surface area contributed by atoms with Crippen molar-refractivity contribution in [1.29, 1.82) is 0 Å². The van der Waals surface area contributed by atoms with Crippen molar-refractivity contribution < 1.29 is 9.59 Å². The monoisotopic (exact) mass is 336 g/mol. The van der Waals surface area contributed by atoms with Crippen LogP contribution in [0.4, 0.5) is 0 Å². The van der Waals surface area contributed by atoms with Gasteiger partial charge in [-0.2, -0.15) is 0 Å². The largest absolute Gasteiger partial charge is 0.349 e. The third-order valence-electron chi connectivity index (χ3n) is 4.88. The molecule has 4 nitrogen and oxygen atoms in total. The van der Waals surface area contributed by atoms with E-state index in [9.17, 15) is 9.59 Å². The van der Waals surface area contributed by atoms with Crippen LogP contribution in [0.3, 0.4) is 0 Å². The van der Waals surface area contributed by atoms with Crippen LogP contribution in [0.25, 0.3) is 0 Å². The van der Waals surface area contributed by atoms with E-state index in [1.165, 1.54) is 0 Å². The summed E-state index contributed by atoms with van der Waals surface area (Å²) in [7, 11) is 0. The third-order valence-corrected chi connectivity index (χ3v) is 4.88. The molecule has 2 aromatic rings. The Morgan fingerprint density at radius 2 is 1.40 bits per heavy atom. The molecule has 0 saturated carbocycles. The van der Waals surface area contributed by atoms with Gasteiger partial charge >= 0.3 is 0 Å². The molecule has 4 heteroatoms. The highest BCUT2D eigenvalue weighted by Crippen LogP contribution is 2.17. The second kappa shape index (κ2) is 7.51. The van der Waals surface area contributed by atoms with Gasteiger partial charge < -0.3 is 10.2 Å². The van der Waals surface area contributed by atoms with E-state index in [4.69, 9.17) is 0 Å². The van der Waals surface area contributed by atoms with E-state index in [1.807, 2.05) is 67.3 Å². The minimum Gasteiger partial charge on any atom is -0.349 e. The first-order valence-corrected chi connectivity index (χ1v) is 8.77. The van der Waals surface area contributed by atoms with Gasteiger partial charge in [0.25, 0.3) is 11.8 Å². The zero-order valence-corrected chi connectivity index (χ0v) is 14.8. The number of hydrogen-bond donors (Lipinski definition) is 1. The zero-order chi connectivity index (χ0) is 17.8. The van der Waals surface area contributed by atoms with Crippen molar-refractivity contribution in [3.63, 3.8) is 0 Å². The number of piperidine rings is 1. The summed E-state index contributed by atoms with van der Waals surface area (Å²) in [5.41, 5.74) is 3.47. The SMILES string of the molecule is Cc1ccccc1C(=O)NC1CCN(C(=O)c2ccccc2C)CC1. The van der Waals surface area contributed by atoms with Crippen molar-refractivity contribution in [3.05, 3.63) is 70.8 Å². The third kappa shape index (κ3) is 3.90. The Morgan fingerprint density at radius 1 is 0.880 bits per heavy atom. The van der Waals surface area contributed by atoms with Crippen LogP contribution in [0.15, 0.2) is 48.5 Å². The summed E-state index contributed by atoms with van der Waals surface area (Å²) in [6, 6.07) is 15.4. The number of hydrogen-bond acceptors (Lipinski definition) is 2. The van der Waals surface area contributed by atoms with Gasteiger partial charge in [0, 0.05) is 30.3 Å². The molecular weight excluding hydrogens is 312 g/mol. The maximum Gasteiger partial charge on any atom is 0.254 e. The van der Waals surface area contributed by atoms with Crippen molar-refractivity contribution in [2.45, 2.75) is 32.7 Å². The lowest BCUT2D eigenvalue weighted by Gasteiger charge is -2.32. The Morgan fingerprint density at radius 3 is 1.96 bits per heavy atom. The van der Waals surface area contributed by atoms with Crippen LogP contribution in [0.2, 0.25) is 0 Å². The number of nitrogens with zero attached hydrogens (tertiary/aromatic N) is 1. The van der Waals surface area contributed by atoms with Crippen molar-refractivity contribution in [2.24, 2.45) is 0 Å². The summed E-state index contributed by atoms with van der Waals surface area (Å²) < 4.78 is 0. The average molecular weight is 336 g/mol. The second-order valence-electron chi connectivity index (χ2n) is 6.67. The van der Waals surface area contributed by atoms with E-state index in [0.29, 0.717) is 13.1 Å². The molecule has 1 fully saturated rings. The maximum atomic E-state index is 12.7. The lowest BCUT2D eigenvalue weighted by Crippen LogP contribution is -2.46. The highest BCUT2D eigenvalue weighted by atomic mass is 16.2. The van der Waals surface area contributed by atoms with Gasteiger partial charge in [-0.25, -0.2) is 0 Å². The highest BCUT2D eigenvalue weighted by molar-refractivity contribution is 5.96. The molecule has 3 rings (SSSR count). The van der Waals surface area contributed by atoms with Crippen LogP contribution in [0.5, 0.6) is 0 Å². The van der Waals surface area contributed by atoms with E-state index >= 15 is 0 Å². The smallest absolute Gasteiger partial charge is 0.254 e. The average Bonchev–Trinajstić information content (AvgIpc) is 2.62. The molecule has 0 unspecified atom stereocenters. The fourth-order valence-corrected chi connectivity index (χ4v) is 3.30. The number of carbonyl (C=O) groups excluding carboxylic acids is 2. The van der Waals surface area contributed by atoms with Crippen LogP contribution in [-0.4, -0.2) is 35.8 Å². The molecule has 1 N–H and O–H groups in total. The predicted octanol–water partition coefficient (Wildman–Crippen LogP) is 3.34. The fraction of sp³-hybridized carbons (Fsp3) is 0.333. The molecule has 1 aliphatic heterocycles. The van der Waals surface area contributed by atoms with Gasteiger partial charge in [-0.1, -0.05) is 36.4 Å². The maximum absolute atomic E-state index is 12.7. The summed E-state index contributed by atoms with van der Waals surface area (Å²) in [4.78, 5) is 27.0. The van der Waals surface area contributed by atoms with Crippen molar-refractivity contribution in [1.82, 2.24) is 10.2 Å². The molecule has 0 radical (unpaired) electrons. The lowest BCUT2D eigenvalue weighted by molar-refractivity contribution is 0.0697. The summed E-state index contributed by atoms with van der Waals surface area (Å²) in [6.07, 6.45) is 1.57. The molecule has 0 bridgehead atoms. The first-order valence-electron chi connectivity index (χ1n) is 8.77. The molecule has 0 atom stereocenters. The lowest BCUT2D eigenvalue weighted by atomic mass is 10.0. The van der Waals surface area contributed by atoms with E-state index in [2.05, 4.69) is 5.32 Å². The summed E-state index contributed by atoms with van der Waals surface area (Å²) in [6.45, 7) is 5.25. The van der Waals surface area contributed by atoms with Gasteiger partial charge in [-0.15, -0.1) is 0 Å². The van der Waals surface area contributed by atoms with E-state index < -0.39 is 0 Å². The summed E-state index contributed by atoms with van der Waals surface area (Å²) >= 11 is 0. The first-order chi connectivity index (χ1) is 12.1. The molecule has 1 saturated heterocycles. The number of rotatable bonds is 3. The predicted molar refractivity (Wildman–Crippen MR) is 98.7 cm³/mol. The van der Waals surface area contributed by atoms with E-state index in [-0.39, 0.29) is 17.9 Å². The zero-order valence-electron chi connectivity index (χ0n) is 14.8. The van der Waals surface area contributed by atoms with Crippen LogP contribution in [0, 0.1) is 13.8 Å². The van der Waals surface area contributed by atoms with Gasteiger partial charge in [0.15, 0.2) is 0 Å². The Labute approximate surface area is 148 Å². The van der Waals surface area contributed by atoms with Crippen molar-refractivity contribution in [2.75, 3.05) is 13.1 Å². The summed E-state index contributed by atoms with van der Waals surface area (Å²) in [5, 5.41) is 3.11. The van der Waals surface area contributed by atoms with Crippen molar-refractivity contribution in [3.8, 4) is 0 Å². The summed E-state index contributed by atoms with van der Waals surface area (Å²) in [5.74, 6) is 0.0589. The van der Waals surface area contributed by atoms with Crippen LogP contribution in [-0.2, 0) is 0 Å². The second-order valence-corrected chi connectivity index (χ2v) is 6.67. The Hall–Kier alpha value is -2.62. The topological polar surface area (TPSA) is 49.4 Å². The molecule has 2 amide bonds. The normalized spacial score (nSPS) is 15.0. The number of amides is 2. The molecule has 1 heterocycles. The number of carbonyl (C=O) groups is 2. The molecule has 0 aliphatic carbocycles. The number of benzene rings is 2. The minimum atomic E-state index is -0.0261. The quantitative estimate of drug-likeness (QED) is 0.934. The van der Waals surface area contributed by atoms with Crippen LogP contribution >= 0.6 is 0 Å². The van der Waals surface area contributed by atoms with Gasteiger partial charge in [0.1, 0.15) is 0 Å². The number of likely N-dealkylation sites (tertiary alicyclic amines) is 1. The molecular formula is C21H24N2O2. The Balaban J connectivity index is 1.57. The standard InChI is InChI=1S/C21H24N2O2/c1-15-7-3-5-9-18(15)20(24)22-17-11-13-23(14-12-17)21(25)19-10-6-4-8-16(19)2/h3-10,17H,11-14H2,1-2H3,(H,22,24). The van der Waals surface area contributed by atoms with E-state index in [1.54, 1.807) is 0 Å². The number of nitrogens with one attached hydrogen (secondary N) is 1. The highest BCUT2D eigenvalue weighted by Gasteiger charge is 2.25. The Bertz CT molecular complexity index is 777. The van der Waals surface area contributed by atoms with Gasteiger partial charge in [-0.3, -0.25) is 9.59 Å². The Kier molecular flexibility index (Phi) is 5.17. The number of aryl methyl sites for hydroxylation is 2. The fourth-order valence-electron chi connectivity index (χ4n) is 3.30. The van der Waals surface area contributed by atoms with Gasteiger partial charge in [0.05, 0.1) is 0 Å². The van der Waals surface area contributed by atoms with Gasteiger partial charge in [0.2, 0.25) is 0 Å². The molecule has 25 heavy (non-hydrogen) atoms. The first kappa shape index (κ1) is 17.2. The van der Waals surface area contributed by atoms with E-state index in [0.717, 1.165) is 35.1 Å². The molecule has 0 spiro atoms. The molecule has 0 aromatic heterocycles. The van der Waals surface area contributed by atoms with Crippen LogP contribution < -0.4 is 5.32 Å². The molecule has 1 aliphatic rings. The van der Waals surface area contributed by atoms with Gasteiger partial charge in [-0.05, 0) is 49.9 Å². The van der Waals surface area contributed by atoms with Crippen LogP contribution in [0.1, 0.15) is 44.7 Å².